The lowest BCUT2D eigenvalue weighted by molar-refractivity contribution is 0.0938. The maximum Gasteiger partial charge on any atom is 0.257 e. The third-order valence-electron chi connectivity index (χ3n) is 4.75. The molecule has 1 unspecified atom stereocenters. The molecule has 0 aliphatic rings. The van der Waals surface area contributed by atoms with Gasteiger partial charge in [-0.15, -0.1) is 0 Å². The quantitative estimate of drug-likeness (QED) is 0.427. The summed E-state index contributed by atoms with van der Waals surface area (Å²) in [5.74, 6) is 0.154. The second-order valence-corrected chi connectivity index (χ2v) is 8.19. The average Bonchev–Trinajstić information content (AvgIpc) is 2.79. The van der Waals surface area contributed by atoms with Crippen molar-refractivity contribution in [2.75, 3.05) is 5.32 Å². The molecule has 0 aliphatic heterocycles. The van der Waals surface area contributed by atoms with Crippen LogP contribution >= 0.6 is 12.2 Å². The molecule has 0 saturated heterocycles. The molecule has 0 aromatic heterocycles. The lowest BCUT2D eigenvalue weighted by Gasteiger charge is -2.15. The predicted octanol–water partition coefficient (Wildman–Crippen LogP) is 5.09. The Morgan fingerprint density at radius 1 is 0.818 bits per heavy atom. The molecule has 0 radical (unpaired) electrons. The van der Waals surface area contributed by atoms with Crippen LogP contribution in [0.2, 0.25) is 0 Å². The van der Waals surface area contributed by atoms with Gasteiger partial charge < -0.3 is 15.4 Å². The second-order valence-electron chi connectivity index (χ2n) is 7.79. The molecule has 6 nitrogen and oxygen atoms in total. The Balaban J connectivity index is 1.57. The highest BCUT2D eigenvalue weighted by molar-refractivity contribution is 7.80. The number of carbonyl (C=O) groups excluding carboxylic acids is 2. The molecule has 0 aliphatic carbocycles. The highest BCUT2D eigenvalue weighted by Gasteiger charge is 2.13. The fourth-order valence-corrected chi connectivity index (χ4v) is 3.35. The zero-order valence-electron chi connectivity index (χ0n) is 18.8. The van der Waals surface area contributed by atoms with E-state index < -0.39 is 0 Å². The molecule has 3 N–H and O–H groups in total. The zero-order chi connectivity index (χ0) is 23.8. The molecule has 3 aromatic carbocycles. The van der Waals surface area contributed by atoms with Gasteiger partial charge in [0.2, 0.25) is 0 Å². The normalized spacial score (nSPS) is 11.4. The molecule has 0 saturated carbocycles. The largest absolute Gasteiger partial charge is 0.491 e. The fraction of sp³-hybridized carbons (Fsp3) is 0.192. The number of anilines is 1. The minimum Gasteiger partial charge on any atom is -0.491 e. The van der Waals surface area contributed by atoms with Crippen molar-refractivity contribution < 1.29 is 14.3 Å². The lowest BCUT2D eigenvalue weighted by Crippen LogP contribution is -2.34. The van der Waals surface area contributed by atoms with Crippen LogP contribution in [0.4, 0.5) is 5.69 Å². The first-order valence-corrected chi connectivity index (χ1v) is 11.1. The number of rotatable bonds is 7. The first-order valence-electron chi connectivity index (χ1n) is 10.7. The van der Waals surface area contributed by atoms with Crippen molar-refractivity contribution >= 4 is 34.8 Å². The van der Waals surface area contributed by atoms with Gasteiger partial charge in [-0.25, -0.2) is 0 Å². The van der Waals surface area contributed by atoms with Crippen LogP contribution in [0.25, 0.3) is 0 Å². The Kier molecular flexibility index (Phi) is 8.16. The van der Waals surface area contributed by atoms with Gasteiger partial charge in [-0.3, -0.25) is 14.9 Å². The van der Waals surface area contributed by atoms with E-state index in [-0.39, 0.29) is 29.1 Å². The summed E-state index contributed by atoms with van der Waals surface area (Å²) in [5.41, 5.74) is 2.56. The minimum absolute atomic E-state index is 0.0563. The average molecular weight is 462 g/mol. The number of hydrogen-bond donors (Lipinski definition) is 3. The van der Waals surface area contributed by atoms with Crippen LogP contribution in [-0.2, 0) is 0 Å². The first kappa shape index (κ1) is 23.9. The summed E-state index contributed by atoms with van der Waals surface area (Å²) in [5, 5.41) is 8.72. The van der Waals surface area contributed by atoms with E-state index in [2.05, 4.69) is 16.0 Å². The van der Waals surface area contributed by atoms with Crippen molar-refractivity contribution in [1.29, 1.82) is 0 Å². The van der Waals surface area contributed by atoms with Crippen LogP contribution in [0.3, 0.4) is 0 Å². The molecule has 0 fully saturated rings. The molecular weight excluding hydrogens is 434 g/mol. The third-order valence-corrected chi connectivity index (χ3v) is 4.95. The minimum atomic E-state index is -0.339. The smallest absolute Gasteiger partial charge is 0.257 e. The van der Waals surface area contributed by atoms with Gasteiger partial charge in [0.1, 0.15) is 5.75 Å². The number of carbonyl (C=O) groups is 2. The Morgan fingerprint density at radius 2 is 1.52 bits per heavy atom. The maximum absolute atomic E-state index is 12.7. The van der Waals surface area contributed by atoms with E-state index in [1.54, 1.807) is 48.5 Å². The molecule has 7 heteroatoms. The summed E-state index contributed by atoms with van der Waals surface area (Å²) in [6.45, 7) is 5.81. The third kappa shape index (κ3) is 7.15. The second kappa shape index (κ2) is 11.2. The zero-order valence-corrected chi connectivity index (χ0v) is 19.6. The van der Waals surface area contributed by atoms with Gasteiger partial charge in [0.15, 0.2) is 5.11 Å². The van der Waals surface area contributed by atoms with Crippen LogP contribution in [-0.4, -0.2) is 23.0 Å². The molecule has 0 heterocycles. The SMILES string of the molecule is CC(C)Oc1ccc(C(=O)NC(=S)Nc2cccc(C(=O)NC(C)c3ccccc3)c2)cc1. The van der Waals surface area contributed by atoms with Crippen molar-refractivity contribution in [3.05, 3.63) is 95.6 Å². The molecule has 3 aromatic rings. The fourth-order valence-electron chi connectivity index (χ4n) is 3.14. The molecule has 3 rings (SSSR count). The van der Waals surface area contributed by atoms with E-state index in [0.29, 0.717) is 22.6 Å². The van der Waals surface area contributed by atoms with Gasteiger partial charge in [0.25, 0.3) is 11.8 Å². The standard InChI is InChI=1S/C26H27N3O3S/c1-17(2)32-23-14-12-20(13-15-23)24(30)29-26(33)28-22-11-7-10-21(16-22)25(31)27-18(3)19-8-5-4-6-9-19/h4-18H,1-3H3,(H,27,31)(H2,28,29,30,33). The van der Waals surface area contributed by atoms with Crippen LogP contribution in [0.15, 0.2) is 78.9 Å². The highest BCUT2D eigenvalue weighted by Crippen LogP contribution is 2.16. The van der Waals surface area contributed by atoms with E-state index in [0.717, 1.165) is 5.56 Å². The topological polar surface area (TPSA) is 79.5 Å². The van der Waals surface area contributed by atoms with Crippen molar-refractivity contribution in [3.63, 3.8) is 0 Å². The molecule has 0 spiro atoms. The van der Waals surface area contributed by atoms with Gasteiger partial charge in [-0.05, 0) is 81.0 Å². The Labute approximate surface area is 199 Å². The summed E-state index contributed by atoms with van der Waals surface area (Å²) in [6, 6.07) is 23.4. The first-order chi connectivity index (χ1) is 15.8. The number of hydrogen-bond acceptors (Lipinski definition) is 4. The summed E-state index contributed by atoms with van der Waals surface area (Å²) < 4.78 is 5.59. The van der Waals surface area contributed by atoms with Gasteiger partial charge in [0.05, 0.1) is 12.1 Å². The number of amides is 2. The van der Waals surface area contributed by atoms with Crippen molar-refractivity contribution in [2.24, 2.45) is 0 Å². The van der Waals surface area contributed by atoms with Crippen LogP contribution in [0.1, 0.15) is 53.1 Å². The highest BCUT2D eigenvalue weighted by atomic mass is 32.1. The monoisotopic (exact) mass is 461 g/mol. The van der Waals surface area contributed by atoms with Crippen molar-refractivity contribution in [2.45, 2.75) is 32.9 Å². The summed E-state index contributed by atoms with van der Waals surface area (Å²) >= 11 is 5.27. The van der Waals surface area contributed by atoms with Crippen molar-refractivity contribution in [3.8, 4) is 5.75 Å². The van der Waals surface area contributed by atoms with E-state index in [1.165, 1.54) is 0 Å². The Morgan fingerprint density at radius 3 is 2.18 bits per heavy atom. The van der Waals surface area contributed by atoms with Crippen LogP contribution < -0.4 is 20.7 Å². The predicted molar refractivity (Wildman–Crippen MR) is 135 cm³/mol. The van der Waals surface area contributed by atoms with Crippen molar-refractivity contribution in [1.82, 2.24) is 10.6 Å². The van der Waals surface area contributed by atoms with E-state index in [4.69, 9.17) is 17.0 Å². The number of nitrogens with one attached hydrogen (secondary N) is 3. The summed E-state index contributed by atoms with van der Waals surface area (Å²) in [7, 11) is 0. The van der Waals surface area contributed by atoms with Gasteiger partial charge >= 0.3 is 0 Å². The molecule has 170 valence electrons. The summed E-state index contributed by atoms with van der Waals surface area (Å²) in [6.07, 6.45) is 0.0563. The Bertz CT molecular complexity index is 1120. The molecular formula is C26H27N3O3S. The van der Waals surface area contributed by atoms with Gasteiger partial charge in [-0.1, -0.05) is 36.4 Å². The van der Waals surface area contributed by atoms with E-state index in [1.807, 2.05) is 51.1 Å². The number of ether oxygens (including phenoxy) is 1. The molecule has 33 heavy (non-hydrogen) atoms. The lowest BCUT2D eigenvalue weighted by atomic mass is 10.1. The van der Waals surface area contributed by atoms with Gasteiger partial charge in [-0.2, -0.15) is 0 Å². The van der Waals surface area contributed by atoms with Crippen LogP contribution in [0.5, 0.6) is 5.75 Å². The number of thiocarbonyl (C=S) groups is 1. The Hall–Kier alpha value is -3.71. The summed E-state index contributed by atoms with van der Waals surface area (Å²) in [4.78, 5) is 25.1. The molecule has 1 atom stereocenters. The van der Waals surface area contributed by atoms with E-state index in [9.17, 15) is 9.59 Å². The van der Waals surface area contributed by atoms with Gasteiger partial charge in [0, 0.05) is 16.8 Å². The maximum atomic E-state index is 12.7. The molecule has 0 bridgehead atoms. The van der Waals surface area contributed by atoms with Crippen LogP contribution in [0, 0.1) is 0 Å². The van der Waals surface area contributed by atoms with E-state index >= 15 is 0 Å². The number of benzene rings is 3. The molecule has 2 amide bonds.